The van der Waals surface area contributed by atoms with E-state index in [9.17, 15) is 5.11 Å². The standard InChI is InChI=1S/C21H36N2O3/c1-4-11-22(2)15-18-9-10-20(21(14-18)25-3)26-17-19(24)16-23-12-7-5-6-8-13-23/h9-10,14,19,24H,4-8,11-13,15-17H2,1-3H3/t19-/m0/s1. The minimum absolute atomic E-state index is 0.294. The van der Waals surface area contributed by atoms with Gasteiger partial charge in [0.05, 0.1) is 7.11 Å². The summed E-state index contributed by atoms with van der Waals surface area (Å²) >= 11 is 0. The molecule has 26 heavy (non-hydrogen) atoms. The van der Waals surface area contributed by atoms with Crippen molar-refractivity contribution in [2.24, 2.45) is 0 Å². The van der Waals surface area contributed by atoms with Gasteiger partial charge in [0.15, 0.2) is 11.5 Å². The van der Waals surface area contributed by atoms with Crippen molar-refractivity contribution in [2.45, 2.75) is 51.7 Å². The average Bonchev–Trinajstić information content (AvgIpc) is 2.89. The van der Waals surface area contributed by atoms with E-state index < -0.39 is 6.10 Å². The number of aliphatic hydroxyl groups is 1. The van der Waals surface area contributed by atoms with Gasteiger partial charge in [0.25, 0.3) is 0 Å². The fourth-order valence-corrected chi connectivity index (χ4v) is 3.56. The van der Waals surface area contributed by atoms with Crippen LogP contribution in [-0.2, 0) is 6.54 Å². The summed E-state index contributed by atoms with van der Waals surface area (Å²) in [7, 11) is 3.79. The van der Waals surface area contributed by atoms with Crippen LogP contribution in [0.2, 0.25) is 0 Å². The van der Waals surface area contributed by atoms with E-state index in [1.54, 1.807) is 7.11 Å². The molecule has 0 saturated carbocycles. The quantitative estimate of drug-likeness (QED) is 0.691. The van der Waals surface area contributed by atoms with Crippen molar-refractivity contribution in [3.8, 4) is 11.5 Å². The van der Waals surface area contributed by atoms with E-state index in [0.717, 1.165) is 38.3 Å². The Kier molecular flexibility index (Phi) is 9.23. The van der Waals surface area contributed by atoms with Crippen molar-refractivity contribution in [1.82, 2.24) is 9.80 Å². The van der Waals surface area contributed by atoms with Crippen LogP contribution in [0.1, 0.15) is 44.6 Å². The predicted molar refractivity (Wildman–Crippen MR) is 106 cm³/mol. The molecule has 1 aliphatic rings. The van der Waals surface area contributed by atoms with Crippen LogP contribution < -0.4 is 9.47 Å². The Labute approximate surface area is 158 Å². The first-order valence-electron chi connectivity index (χ1n) is 10.0. The zero-order valence-corrected chi connectivity index (χ0v) is 16.7. The molecule has 1 N–H and O–H groups in total. The lowest BCUT2D eigenvalue weighted by molar-refractivity contribution is 0.0683. The fraction of sp³-hybridized carbons (Fsp3) is 0.714. The molecule has 0 unspecified atom stereocenters. The molecule has 2 rings (SSSR count). The van der Waals surface area contributed by atoms with Crippen molar-refractivity contribution < 1.29 is 14.6 Å². The SMILES string of the molecule is CCCN(C)Cc1ccc(OC[C@@H](O)CN2CCCCCC2)c(OC)c1. The molecule has 5 nitrogen and oxygen atoms in total. The highest BCUT2D eigenvalue weighted by Gasteiger charge is 2.15. The Morgan fingerprint density at radius 1 is 1.15 bits per heavy atom. The van der Waals surface area contributed by atoms with E-state index >= 15 is 0 Å². The summed E-state index contributed by atoms with van der Waals surface area (Å²) in [5, 5.41) is 10.3. The normalized spacial score (nSPS) is 17.1. The summed E-state index contributed by atoms with van der Waals surface area (Å²) in [4.78, 5) is 4.64. The fourth-order valence-electron chi connectivity index (χ4n) is 3.56. The van der Waals surface area contributed by atoms with E-state index in [-0.39, 0.29) is 0 Å². The van der Waals surface area contributed by atoms with Gasteiger partial charge in [0.2, 0.25) is 0 Å². The smallest absolute Gasteiger partial charge is 0.161 e. The highest BCUT2D eigenvalue weighted by atomic mass is 16.5. The molecule has 1 atom stereocenters. The lowest BCUT2D eigenvalue weighted by Gasteiger charge is -2.23. The molecule has 148 valence electrons. The number of hydrogen-bond acceptors (Lipinski definition) is 5. The van der Waals surface area contributed by atoms with Gasteiger partial charge in [-0.2, -0.15) is 0 Å². The Balaban J connectivity index is 1.85. The van der Waals surface area contributed by atoms with Gasteiger partial charge in [0, 0.05) is 13.1 Å². The second-order valence-corrected chi connectivity index (χ2v) is 7.40. The van der Waals surface area contributed by atoms with Crippen molar-refractivity contribution in [3.63, 3.8) is 0 Å². The van der Waals surface area contributed by atoms with E-state index in [4.69, 9.17) is 9.47 Å². The number of methoxy groups -OCH3 is 1. The molecule has 0 spiro atoms. The van der Waals surface area contributed by atoms with Crippen LogP contribution in [-0.4, -0.2) is 68.0 Å². The highest BCUT2D eigenvalue weighted by Crippen LogP contribution is 2.28. The largest absolute Gasteiger partial charge is 0.493 e. The first kappa shape index (κ1) is 21.0. The summed E-state index contributed by atoms with van der Waals surface area (Å²) in [5.41, 5.74) is 1.20. The molecule has 0 bridgehead atoms. The Hall–Kier alpha value is -1.30. The lowest BCUT2D eigenvalue weighted by Crippen LogP contribution is -2.36. The van der Waals surface area contributed by atoms with Crippen LogP contribution in [0.4, 0.5) is 0 Å². The van der Waals surface area contributed by atoms with Crippen molar-refractivity contribution in [3.05, 3.63) is 23.8 Å². The molecule has 1 aromatic rings. The first-order valence-corrected chi connectivity index (χ1v) is 10.0. The monoisotopic (exact) mass is 364 g/mol. The molecule has 1 aromatic carbocycles. The summed E-state index contributed by atoms with van der Waals surface area (Å²) in [5.74, 6) is 1.43. The van der Waals surface area contributed by atoms with E-state index in [0.29, 0.717) is 18.9 Å². The second-order valence-electron chi connectivity index (χ2n) is 7.40. The van der Waals surface area contributed by atoms with Crippen molar-refractivity contribution in [2.75, 3.05) is 46.9 Å². The lowest BCUT2D eigenvalue weighted by atomic mass is 10.2. The number of hydrogen-bond donors (Lipinski definition) is 1. The minimum Gasteiger partial charge on any atom is -0.493 e. The molecule has 1 saturated heterocycles. The van der Waals surface area contributed by atoms with Gasteiger partial charge in [-0.3, -0.25) is 0 Å². The molecule has 1 fully saturated rings. The predicted octanol–water partition coefficient (Wildman–Crippen LogP) is 3.15. The third kappa shape index (κ3) is 7.14. The topological polar surface area (TPSA) is 45.2 Å². The van der Waals surface area contributed by atoms with Crippen molar-refractivity contribution in [1.29, 1.82) is 0 Å². The van der Waals surface area contributed by atoms with Crippen molar-refractivity contribution >= 4 is 0 Å². The number of likely N-dealkylation sites (tertiary alicyclic amines) is 1. The molecule has 1 aliphatic heterocycles. The van der Waals surface area contributed by atoms with Crippen LogP contribution in [0.5, 0.6) is 11.5 Å². The van der Waals surface area contributed by atoms with Crippen LogP contribution in [0.3, 0.4) is 0 Å². The average molecular weight is 365 g/mol. The third-order valence-corrected chi connectivity index (χ3v) is 4.88. The van der Waals surface area contributed by atoms with Crippen LogP contribution >= 0.6 is 0 Å². The summed E-state index contributed by atoms with van der Waals surface area (Å²) in [6.45, 7) is 7.29. The van der Waals surface area contributed by atoms with Gasteiger partial charge in [-0.15, -0.1) is 0 Å². The van der Waals surface area contributed by atoms with Gasteiger partial charge < -0.3 is 24.4 Å². The van der Waals surface area contributed by atoms with E-state index in [2.05, 4.69) is 29.8 Å². The molecule has 1 heterocycles. The maximum Gasteiger partial charge on any atom is 0.161 e. The Morgan fingerprint density at radius 2 is 1.88 bits per heavy atom. The van der Waals surface area contributed by atoms with Gasteiger partial charge >= 0.3 is 0 Å². The molecule has 5 heteroatoms. The molecule has 0 aliphatic carbocycles. The molecule has 0 aromatic heterocycles. The van der Waals surface area contributed by atoms with E-state index in [1.165, 1.54) is 31.2 Å². The van der Waals surface area contributed by atoms with Gasteiger partial charge in [-0.1, -0.05) is 25.8 Å². The third-order valence-electron chi connectivity index (χ3n) is 4.88. The summed E-state index contributed by atoms with van der Waals surface area (Å²) < 4.78 is 11.3. The Morgan fingerprint density at radius 3 is 2.54 bits per heavy atom. The molecular formula is C21H36N2O3. The zero-order chi connectivity index (χ0) is 18.8. The second kappa shape index (κ2) is 11.4. The van der Waals surface area contributed by atoms with Gasteiger partial charge in [0.1, 0.15) is 12.7 Å². The Bertz CT molecular complexity index is 516. The summed E-state index contributed by atoms with van der Waals surface area (Å²) in [6, 6.07) is 6.06. The summed E-state index contributed by atoms with van der Waals surface area (Å²) in [6.07, 6.45) is 5.74. The van der Waals surface area contributed by atoms with Gasteiger partial charge in [-0.25, -0.2) is 0 Å². The number of nitrogens with zero attached hydrogens (tertiary/aromatic N) is 2. The molecule has 0 radical (unpaired) electrons. The van der Waals surface area contributed by atoms with Crippen LogP contribution in [0, 0.1) is 0 Å². The van der Waals surface area contributed by atoms with Crippen LogP contribution in [0.25, 0.3) is 0 Å². The first-order chi connectivity index (χ1) is 12.6. The maximum atomic E-state index is 10.3. The number of ether oxygens (including phenoxy) is 2. The van der Waals surface area contributed by atoms with Crippen LogP contribution in [0.15, 0.2) is 18.2 Å². The molecular weight excluding hydrogens is 328 g/mol. The van der Waals surface area contributed by atoms with Gasteiger partial charge in [-0.05, 0) is 63.6 Å². The number of benzene rings is 1. The number of rotatable bonds is 10. The number of β-amino-alcohol motifs (C(OH)–C–C–N with tert-alkyl or cyclic N) is 1. The highest BCUT2D eigenvalue weighted by molar-refractivity contribution is 5.43. The maximum absolute atomic E-state index is 10.3. The minimum atomic E-state index is -0.479. The van der Waals surface area contributed by atoms with E-state index in [1.807, 2.05) is 12.1 Å². The zero-order valence-electron chi connectivity index (χ0n) is 16.7. The molecule has 0 amide bonds. The number of aliphatic hydroxyl groups excluding tert-OH is 1.